The average molecular weight is 326 g/mol. The van der Waals surface area contributed by atoms with Crippen molar-refractivity contribution in [1.82, 2.24) is 0 Å². The predicted molar refractivity (Wildman–Crippen MR) is 78.0 cm³/mol. The van der Waals surface area contributed by atoms with Crippen LogP contribution in [0.15, 0.2) is 46.9 Å². The molecule has 0 aliphatic carbocycles. The van der Waals surface area contributed by atoms with Crippen LogP contribution in [0, 0.1) is 0 Å². The van der Waals surface area contributed by atoms with E-state index in [9.17, 15) is 4.79 Å². The first-order valence-corrected chi connectivity index (χ1v) is 6.35. The van der Waals surface area contributed by atoms with Crippen LogP contribution in [0.3, 0.4) is 0 Å². The van der Waals surface area contributed by atoms with Gasteiger partial charge >= 0.3 is 0 Å². The lowest BCUT2D eigenvalue weighted by Gasteiger charge is -2.06. The summed E-state index contributed by atoms with van der Waals surface area (Å²) in [6.45, 7) is 0. The maximum atomic E-state index is 12.0. The third kappa shape index (κ3) is 3.03. The fourth-order valence-corrected chi connectivity index (χ4v) is 1.90. The number of nitrogen functional groups attached to an aromatic ring is 1. The van der Waals surface area contributed by atoms with E-state index in [1.54, 1.807) is 42.5 Å². The van der Waals surface area contributed by atoms with E-state index in [2.05, 4.69) is 21.2 Å². The van der Waals surface area contributed by atoms with Crippen LogP contribution in [-0.2, 0) is 0 Å². The van der Waals surface area contributed by atoms with Gasteiger partial charge in [0.1, 0.15) is 0 Å². The summed E-state index contributed by atoms with van der Waals surface area (Å²) >= 11 is 9.15. The van der Waals surface area contributed by atoms with Gasteiger partial charge in [0.05, 0.1) is 5.02 Å². The lowest BCUT2D eigenvalue weighted by atomic mass is 10.2. The van der Waals surface area contributed by atoms with Crippen molar-refractivity contribution in [2.45, 2.75) is 0 Å². The van der Waals surface area contributed by atoms with Gasteiger partial charge in [0, 0.05) is 21.4 Å². The lowest BCUT2D eigenvalue weighted by molar-refractivity contribution is 0.102. The highest BCUT2D eigenvalue weighted by molar-refractivity contribution is 9.10. The number of amides is 1. The van der Waals surface area contributed by atoms with Crippen LogP contribution in [0.1, 0.15) is 10.4 Å². The van der Waals surface area contributed by atoms with Crippen molar-refractivity contribution >= 4 is 44.8 Å². The third-order valence-corrected chi connectivity index (χ3v) is 3.56. The molecule has 0 heterocycles. The number of nitrogens with two attached hydrogens (primary N) is 1. The maximum absolute atomic E-state index is 12.0. The summed E-state index contributed by atoms with van der Waals surface area (Å²) < 4.78 is 0.689. The summed E-state index contributed by atoms with van der Waals surface area (Å²) in [5.41, 5.74) is 7.45. The van der Waals surface area contributed by atoms with Gasteiger partial charge in [-0.15, -0.1) is 0 Å². The first-order valence-electron chi connectivity index (χ1n) is 5.18. The molecule has 3 nitrogen and oxygen atoms in total. The molecule has 0 aliphatic heterocycles. The molecule has 1 amide bonds. The van der Waals surface area contributed by atoms with E-state index in [1.165, 1.54) is 0 Å². The van der Waals surface area contributed by atoms with Gasteiger partial charge in [0.15, 0.2) is 0 Å². The summed E-state index contributed by atoms with van der Waals surface area (Å²) in [5, 5.41) is 3.34. The third-order valence-electron chi connectivity index (χ3n) is 2.35. The van der Waals surface area contributed by atoms with Crippen molar-refractivity contribution in [3.05, 3.63) is 57.5 Å². The van der Waals surface area contributed by atoms with Gasteiger partial charge in [-0.2, -0.15) is 0 Å². The number of hydrogen-bond donors (Lipinski definition) is 2. The van der Waals surface area contributed by atoms with Crippen LogP contribution in [0.5, 0.6) is 0 Å². The van der Waals surface area contributed by atoms with Crippen molar-refractivity contribution < 1.29 is 4.79 Å². The van der Waals surface area contributed by atoms with E-state index in [4.69, 9.17) is 17.3 Å². The van der Waals surface area contributed by atoms with Crippen molar-refractivity contribution in [1.29, 1.82) is 0 Å². The van der Waals surface area contributed by atoms with Crippen LogP contribution >= 0.6 is 27.5 Å². The Balaban J connectivity index is 2.16. The monoisotopic (exact) mass is 324 g/mol. The highest BCUT2D eigenvalue weighted by atomic mass is 79.9. The number of carbonyl (C=O) groups excluding carboxylic acids is 1. The Morgan fingerprint density at radius 1 is 1.17 bits per heavy atom. The highest BCUT2D eigenvalue weighted by Gasteiger charge is 2.08. The molecule has 0 aromatic heterocycles. The van der Waals surface area contributed by atoms with Crippen LogP contribution in [-0.4, -0.2) is 5.91 Å². The molecule has 18 heavy (non-hydrogen) atoms. The summed E-state index contributed by atoms with van der Waals surface area (Å²) in [6.07, 6.45) is 0. The molecule has 92 valence electrons. The molecule has 2 aromatic carbocycles. The Morgan fingerprint density at radius 3 is 2.44 bits per heavy atom. The molecular formula is C13H10BrClN2O. The molecular weight excluding hydrogens is 316 g/mol. The SMILES string of the molecule is Nc1ccc(NC(=O)c2ccc(Cl)c(Br)c2)cc1. The first-order chi connectivity index (χ1) is 8.56. The minimum absolute atomic E-state index is 0.197. The predicted octanol–water partition coefficient (Wildman–Crippen LogP) is 3.94. The van der Waals surface area contributed by atoms with Crippen molar-refractivity contribution in [3.63, 3.8) is 0 Å². The molecule has 5 heteroatoms. The second-order valence-corrected chi connectivity index (χ2v) is 4.97. The Bertz CT molecular complexity index is 584. The van der Waals surface area contributed by atoms with Gasteiger partial charge in [0.25, 0.3) is 5.91 Å². The molecule has 0 fully saturated rings. The van der Waals surface area contributed by atoms with Gasteiger partial charge in [-0.3, -0.25) is 4.79 Å². The Morgan fingerprint density at radius 2 is 1.83 bits per heavy atom. The number of benzene rings is 2. The minimum Gasteiger partial charge on any atom is -0.399 e. The topological polar surface area (TPSA) is 55.1 Å². The molecule has 0 radical (unpaired) electrons. The number of carbonyl (C=O) groups is 1. The maximum Gasteiger partial charge on any atom is 0.255 e. The van der Waals surface area contributed by atoms with E-state index < -0.39 is 0 Å². The number of rotatable bonds is 2. The van der Waals surface area contributed by atoms with Crippen LogP contribution < -0.4 is 11.1 Å². The number of halogens is 2. The fraction of sp³-hybridized carbons (Fsp3) is 0. The van der Waals surface area contributed by atoms with Crippen molar-refractivity contribution in [2.75, 3.05) is 11.1 Å². The van der Waals surface area contributed by atoms with E-state index in [0.29, 0.717) is 26.4 Å². The number of anilines is 2. The van der Waals surface area contributed by atoms with E-state index in [1.807, 2.05) is 0 Å². The van der Waals surface area contributed by atoms with Crippen LogP contribution in [0.25, 0.3) is 0 Å². The summed E-state index contributed by atoms with van der Waals surface area (Å²) in [6, 6.07) is 12.0. The number of hydrogen-bond acceptors (Lipinski definition) is 2. The zero-order valence-corrected chi connectivity index (χ0v) is 11.6. The summed E-state index contributed by atoms with van der Waals surface area (Å²) in [5.74, 6) is -0.197. The van der Waals surface area contributed by atoms with E-state index in [0.717, 1.165) is 0 Å². The van der Waals surface area contributed by atoms with Gasteiger partial charge in [-0.05, 0) is 58.4 Å². The lowest BCUT2D eigenvalue weighted by Crippen LogP contribution is -2.11. The first kappa shape index (κ1) is 12.9. The molecule has 0 bridgehead atoms. The Labute approximate surface area is 118 Å². The van der Waals surface area contributed by atoms with Crippen molar-refractivity contribution in [2.24, 2.45) is 0 Å². The summed E-state index contributed by atoms with van der Waals surface area (Å²) in [7, 11) is 0. The second-order valence-electron chi connectivity index (χ2n) is 3.71. The fourth-order valence-electron chi connectivity index (χ4n) is 1.41. The van der Waals surface area contributed by atoms with Gasteiger partial charge < -0.3 is 11.1 Å². The molecule has 0 spiro atoms. The summed E-state index contributed by atoms with van der Waals surface area (Å²) in [4.78, 5) is 12.0. The quantitative estimate of drug-likeness (QED) is 0.822. The van der Waals surface area contributed by atoms with E-state index in [-0.39, 0.29) is 5.91 Å². The zero-order chi connectivity index (χ0) is 13.1. The average Bonchev–Trinajstić information content (AvgIpc) is 2.35. The Hall–Kier alpha value is -1.52. The number of nitrogens with one attached hydrogen (secondary N) is 1. The molecule has 0 saturated heterocycles. The Kier molecular flexibility index (Phi) is 3.89. The molecule has 0 aliphatic rings. The van der Waals surface area contributed by atoms with Crippen LogP contribution in [0.2, 0.25) is 5.02 Å². The molecule has 2 aromatic rings. The van der Waals surface area contributed by atoms with E-state index >= 15 is 0 Å². The second kappa shape index (κ2) is 5.42. The smallest absolute Gasteiger partial charge is 0.255 e. The molecule has 2 rings (SSSR count). The van der Waals surface area contributed by atoms with Crippen LogP contribution in [0.4, 0.5) is 11.4 Å². The molecule has 0 unspecified atom stereocenters. The minimum atomic E-state index is -0.197. The van der Waals surface area contributed by atoms with Gasteiger partial charge in [-0.25, -0.2) is 0 Å². The van der Waals surface area contributed by atoms with Gasteiger partial charge in [0.2, 0.25) is 0 Å². The molecule has 0 saturated carbocycles. The normalized spacial score (nSPS) is 10.1. The van der Waals surface area contributed by atoms with Crippen molar-refractivity contribution in [3.8, 4) is 0 Å². The zero-order valence-electron chi connectivity index (χ0n) is 9.28. The molecule has 3 N–H and O–H groups in total. The highest BCUT2D eigenvalue weighted by Crippen LogP contribution is 2.23. The van der Waals surface area contributed by atoms with Gasteiger partial charge in [-0.1, -0.05) is 11.6 Å². The standard InChI is InChI=1S/C13H10BrClN2O/c14-11-7-8(1-6-12(11)15)13(18)17-10-4-2-9(16)3-5-10/h1-7H,16H2,(H,17,18). The largest absolute Gasteiger partial charge is 0.399 e. The molecule has 0 atom stereocenters.